The maximum Gasteiger partial charge on any atom is 0.408 e. The number of ketones is 1. The van der Waals surface area contributed by atoms with Crippen LogP contribution in [0.1, 0.15) is 22.3 Å². The van der Waals surface area contributed by atoms with Crippen molar-refractivity contribution in [1.29, 1.82) is 0 Å². The van der Waals surface area contributed by atoms with E-state index in [4.69, 9.17) is 4.74 Å². The van der Waals surface area contributed by atoms with Crippen molar-refractivity contribution in [3.05, 3.63) is 65.7 Å². The summed E-state index contributed by atoms with van der Waals surface area (Å²) in [5.74, 6) is -2.22. The number of aromatic nitrogens is 4. The van der Waals surface area contributed by atoms with Gasteiger partial charge in [-0.3, -0.25) is 9.59 Å². The van der Waals surface area contributed by atoms with Gasteiger partial charge in [-0.05, 0) is 28.1 Å². The average molecular weight is 467 g/mol. The third-order valence-electron chi connectivity index (χ3n) is 4.67. The van der Waals surface area contributed by atoms with Gasteiger partial charge in [0.1, 0.15) is 19.2 Å². The molecule has 0 radical (unpaired) electrons. The highest BCUT2D eigenvalue weighted by molar-refractivity contribution is 5.91. The number of carbonyl (C=O) groups is 4. The molecule has 3 aromatic rings. The molecule has 2 aromatic carbocycles. The number of benzene rings is 2. The fraction of sp³-hybridized carbons (Fsp3) is 0.227. The molecule has 0 aliphatic carbocycles. The predicted octanol–water partition coefficient (Wildman–Crippen LogP) is 1.47. The zero-order chi connectivity index (χ0) is 24.5. The van der Waals surface area contributed by atoms with Gasteiger partial charge in [-0.25, -0.2) is 14.3 Å². The van der Waals surface area contributed by atoms with Crippen LogP contribution in [0.2, 0.25) is 0 Å². The summed E-state index contributed by atoms with van der Waals surface area (Å²) in [6.07, 6.45) is -1.58. The predicted molar refractivity (Wildman–Crippen MR) is 115 cm³/mol. The van der Waals surface area contributed by atoms with Crippen LogP contribution in [0.15, 0.2) is 54.6 Å². The van der Waals surface area contributed by atoms with E-state index in [9.17, 15) is 24.3 Å². The van der Waals surface area contributed by atoms with Gasteiger partial charge in [0.05, 0.1) is 19.1 Å². The van der Waals surface area contributed by atoms with E-state index in [0.29, 0.717) is 11.1 Å². The second-order valence-corrected chi connectivity index (χ2v) is 7.05. The maximum atomic E-state index is 12.8. The highest BCUT2D eigenvalue weighted by Gasteiger charge is 2.26. The molecule has 1 atom stereocenters. The number of hydrogen-bond acceptors (Lipinski definition) is 9. The fourth-order valence-corrected chi connectivity index (χ4v) is 2.98. The lowest BCUT2D eigenvalue weighted by molar-refractivity contribution is -0.139. The molecule has 0 bridgehead atoms. The van der Waals surface area contributed by atoms with E-state index in [1.807, 2.05) is 6.07 Å². The number of carbonyl (C=O) groups excluding carboxylic acids is 3. The van der Waals surface area contributed by atoms with Crippen LogP contribution >= 0.6 is 0 Å². The highest BCUT2D eigenvalue weighted by atomic mass is 16.5. The first-order valence-corrected chi connectivity index (χ1v) is 10.0. The summed E-state index contributed by atoms with van der Waals surface area (Å²) in [4.78, 5) is 47.8. The SMILES string of the molecule is COC(=O)c1ccc(-c2nnnn2CC(=O)C(CC(=O)O)NC(=O)OCc2ccccc2)cc1. The number of nitrogens with one attached hydrogen (secondary N) is 1. The molecule has 0 fully saturated rings. The Morgan fingerprint density at radius 1 is 1.06 bits per heavy atom. The van der Waals surface area contributed by atoms with E-state index in [2.05, 4.69) is 25.6 Å². The number of Topliss-reactive ketones (excluding diaryl/α,β-unsaturated/α-hetero) is 1. The van der Waals surface area contributed by atoms with Crippen molar-refractivity contribution in [3.63, 3.8) is 0 Å². The highest BCUT2D eigenvalue weighted by Crippen LogP contribution is 2.17. The van der Waals surface area contributed by atoms with Crippen molar-refractivity contribution in [2.45, 2.75) is 25.6 Å². The minimum atomic E-state index is -1.36. The van der Waals surface area contributed by atoms with Crippen LogP contribution in [-0.2, 0) is 32.2 Å². The topological polar surface area (TPSA) is 163 Å². The van der Waals surface area contributed by atoms with Gasteiger partial charge in [0.2, 0.25) is 0 Å². The molecule has 0 spiro atoms. The third kappa shape index (κ3) is 6.45. The molecular formula is C22H21N5O7. The lowest BCUT2D eigenvalue weighted by Crippen LogP contribution is -2.44. The molecular weight excluding hydrogens is 446 g/mol. The van der Waals surface area contributed by atoms with Crippen molar-refractivity contribution >= 4 is 23.8 Å². The number of aliphatic carboxylic acids is 1. The number of esters is 1. The summed E-state index contributed by atoms with van der Waals surface area (Å²) < 4.78 is 10.9. The molecule has 12 heteroatoms. The maximum absolute atomic E-state index is 12.8. The Kier molecular flexibility index (Phi) is 8.00. The van der Waals surface area contributed by atoms with E-state index < -0.39 is 42.8 Å². The first-order chi connectivity index (χ1) is 16.4. The molecule has 34 heavy (non-hydrogen) atoms. The Labute approximate surface area is 193 Å². The number of ether oxygens (including phenoxy) is 2. The Bertz CT molecular complexity index is 1160. The first-order valence-electron chi connectivity index (χ1n) is 10.0. The largest absolute Gasteiger partial charge is 0.481 e. The van der Waals surface area contributed by atoms with E-state index >= 15 is 0 Å². The molecule has 12 nitrogen and oxygen atoms in total. The van der Waals surface area contributed by atoms with Gasteiger partial charge < -0.3 is 19.9 Å². The van der Waals surface area contributed by atoms with E-state index in [0.717, 1.165) is 5.56 Å². The van der Waals surface area contributed by atoms with Crippen LogP contribution in [-0.4, -0.2) is 62.3 Å². The van der Waals surface area contributed by atoms with Gasteiger partial charge in [-0.15, -0.1) is 5.10 Å². The van der Waals surface area contributed by atoms with Gasteiger partial charge in [0, 0.05) is 5.56 Å². The van der Waals surface area contributed by atoms with Crippen LogP contribution in [0, 0.1) is 0 Å². The number of tetrazole rings is 1. The zero-order valence-corrected chi connectivity index (χ0v) is 18.1. The van der Waals surface area contributed by atoms with Crippen molar-refractivity contribution in [2.24, 2.45) is 0 Å². The fourth-order valence-electron chi connectivity index (χ4n) is 2.98. The Balaban J connectivity index is 1.68. The smallest absolute Gasteiger partial charge is 0.408 e. The van der Waals surface area contributed by atoms with Crippen LogP contribution in [0.3, 0.4) is 0 Å². The zero-order valence-electron chi connectivity index (χ0n) is 18.1. The van der Waals surface area contributed by atoms with Crippen LogP contribution in [0.25, 0.3) is 11.4 Å². The van der Waals surface area contributed by atoms with Gasteiger partial charge in [0.25, 0.3) is 0 Å². The van der Waals surface area contributed by atoms with Gasteiger partial charge in [0.15, 0.2) is 11.6 Å². The van der Waals surface area contributed by atoms with Gasteiger partial charge in [-0.1, -0.05) is 42.5 Å². The van der Waals surface area contributed by atoms with E-state index in [1.54, 1.807) is 36.4 Å². The quantitative estimate of drug-likeness (QED) is 0.417. The second kappa shape index (κ2) is 11.3. The Morgan fingerprint density at radius 3 is 2.41 bits per heavy atom. The monoisotopic (exact) mass is 467 g/mol. The third-order valence-corrected chi connectivity index (χ3v) is 4.67. The molecule has 1 heterocycles. The Morgan fingerprint density at radius 2 is 1.76 bits per heavy atom. The molecule has 0 saturated carbocycles. The molecule has 3 rings (SSSR count). The molecule has 0 aliphatic rings. The summed E-state index contributed by atoms with van der Waals surface area (Å²) in [7, 11) is 1.27. The van der Waals surface area contributed by atoms with Crippen LogP contribution in [0.4, 0.5) is 4.79 Å². The van der Waals surface area contributed by atoms with Crippen molar-refractivity contribution in [2.75, 3.05) is 7.11 Å². The molecule has 2 N–H and O–H groups in total. The Hall–Kier alpha value is -4.61. The summed E-state index contributed by atoms with van der Waals surface area (Å²) >= 11 is 0. The number of hydrogen-bond donors (Lipinski definition) is 2. The average Bonchev–Trinajstić information content (AvgIpc) is 3.30. The molecule has 1 aromatic heterocycles. The molecule has 1 amide bonds. The molecule has 0 saturated heterocycles. The minimum Gasteiger partial charge on any atom is -0.481 e. The number of nitrogens with zero attached hydrogens (tertiary/aromatic N) is 4. The van der Waals surface area contributed by atoms with Crippen molar-refractivity contribution in [3.8, 4) is 11.4 Å². The number of alkyl carbamates (subject to hydrolysis) is 1. The standard InChI is InChI=1S/C22H21N5O7/c1-33-21(31)16-9-7-15(8-10-16)20-24-25-26-27(20)12-18(28)17(11-19(29)30)23-22(32)34-13-14-5-3-2-4-6-14/h2-10,17H,11-13H2,1H3,(H,23,32)(H,29,30). The van der Waals surface area contributed by atoms with Gasteiger partial charge in [-0.2, -0.15) is 0 Å². The lowest BCUT2D eigenvalue weighted by atomic mass is 10.1. The molecule has 1 unspecified atom stereocenters. The number of rotatable bonds is 10. The lowest BCUT2D eigenvalue weighted by Gasteiger charge is -2.16. The van der Waals surface area contributed by atoms with Crippen LogP contribution < -0.4 is 5.32 Å². The number of methoxy groups -OCH3 is 1. The number of carboxylic acids is 1. The summed E-state index contributed by atoms with van der Waals surface area (Å²) in [6.45, 7) is -0.447. The summed E-state index contributed by atoms with van der Waals surface area (Å²) in [5, 5.41) is 22.7. The van der Waals surface area contributed by atoms with Crippen molar-refractivity contribution < 1.29 is 33.8 Å². The van der Waals surface area contributed by atoms with E-state index in [1.165, 1.54) is 23.9 Å². The number of amides is 1. The van der Waals surface area contributed by atoms with E-state index in [-0.39, 0.29) is 12.4 Å². The first kappa shape index (κ1) is 24.0. The van der Waals surface area contributed by atoms with Crippen LogP contribution in [0.5, 0.6) is 0 Å². The summed E-state index contributed by atoms with van der Waals surface area (Å²) in [5.41, 5.74) is 1.56. The minimum absolute atomic E-state index is 0.0423. The molecule has 176 valence electrons. The van der Waals surface area contributed by atoms with Crippen molar-refractivity contribution in [1.82, 2.24) is 25.5 Å². The normalized spacial score (nSPS) is 11.3. The van der Waals surface area contributed by atoms with Gasteiger partial charge >= 0.3 is 18.0 Å². The number of carboxylic acid groups (broad SMARTS) is 1. The second-order valence-electron chi connectivity index (χ2n) is 7.05. The summed E-state index contributed by atoms with van der Waals surface area (Å²) in [6, 6.07) is 13.7. The molecule has 0 aliphatic heterocycles.